The number of carboxylic acid groups (broad SMARTS) is 1. The zero-order valence-electron chi connectivity index (χ0n) is 11.6. The van der Waals surface area contributed by atoms with Crippen LogP contribution in [0, 0.1) is 12.8 Å². The van der Waals surface area contributed by atoms with Gasteiger partial charge in [0.1, 0.15) is 0 Å². The van der Waals surface area contributed by atoms with Crippen LogP contribution < -0.4 is 10.6 Å². The molecule has 1 fully saturated rings. The second-order valence-corrected chi connectivity index (χ2v) is 5.36. The SMILES string of the molecule is Cc1cccc(CNC(=O)N[C@H]2CC[C@@H](C(=O)O)C2)c1. The second-order valence-electron chi connectivity index (χ2n) is 5.36. The number of aryl methyl sites for hydroxylation is 1. The summed E-state index contributed by atoms with van der Waals surface area (Å²) in [5.41, 5.74) is 2.21. The topological polar surface area (TPSA) is 78.4 Å². The molecule has 0 radical (unpaired) electrons. The summed E-state index contributed by atoms with van der Waals surface area (Å²) in [7, 11) is 0. The molecule has 1 aliphatic carbocycles. The summed E-state index contributed by atoms with van der Waals surface area (Å²) in [5, 5.41) is 14.5. The third-order valence-corrected chi connectivity index (χ3v) is 3.65. The Morgan fingerprint density at radius 1 is 1.35 bits per heavy atom. The molecule has 0 aromatic heterocycles. The van der Waals surface area contributed by atoms with Crippen molar-refractivity contribution in [2.75, 3.05) is 0 Å². The summed E-state index contributed by atoms with van der Waals surface area (Å²) >= 11 is 0. The highest BCUT2D eigenvalue weighted by molar-refractivity contribution is 5.75. The third kappa shape index (κ3) is 3.98. The highest BCUT2D eigenvalue weighted by atomic mass is 16.4. The highest BCUT2D eigenvalue weighted by Gasteiger charge is 2.30. The van der Waals surface area contributed by atoms with Gasteiger partial charge in [0.25, 0.3) is 0 Å². The molecule has 0 spiro atoms. The maximum atomic E-state index is 11.8. The molecule has 2 atom stereocenters. The Balaban J connectivity index is 1.75. The standard InChI is InChI=1S/C15H20N2O3/c1-10-3-2-4-11(7-10)9-16-15(20)17-13-6-5-12(8-13)14(18)19/h2-4,7,12-13H,5-6,8-9H2,1H3,(H,18,19)(H2,16,17,20)/t12-,13+/m1/s1. The second kappa shape index (κ2) is 6.41. The number of rotatable bonds is 4. The number of urea groups is 1. The molecule has 0 aliphatic heterocycles. The number of carbonyl (C=O) groups is 2. The maximum absolute atomic E-state index is 11.8. The van der Waals surface area contributed by atoms with Crippen LogP contribution in [0.25, 0.3) is 0 Å². The van der Waals surface area contributed by atoms with Gasteiger partial charge < -0.3 is 15.7 Å². The molecule has 2 rings (SSSR count). The van der Waals surface area contributed by atoms with Crippen LogP contribution >= 0.6 is 0 Å². The Bertz CT molecular complexity index is 502. The van der Waals surface area contributed by atoms with E-state index in [1.165, 1.54) is 0 Å². The number of hydrogen-bond acceptors (Lipinski definition) is 2. The number of carbonyl (C=O) groups excluding carboxylic acids is 1. The van der Waals surface area contributed by atoms with Crippen LogP contribution in [0.4, 0.5) is 4.79 Å². The van der Waals surface area contributed by atoms with Gasteiger partial charge in [-0.3, -0.25) is 4.79 Å². The first-order chi connectivity index (χ1) is 9.54. The minimum Gasteiger partial charge on any atom is -0.481 e. The van der Waals surface area contributed by atoms with Gasteiger partial charge in [0.2, 0.25) is 0 Å². The van der Waals surface area contributed by atoms with Crippen molar-refractivity contribution >= 4 is 12.0 Å². The zero-order chi connectivity index (χ0) is 14.5. The van der Waals surface area contributed by atoms with E-state index in [0.717, 1.165) is 17.5 Å². The third-order valence-electron chi connectivity index (χ3n) is 3.65. The molecular weight excluding hydrogens is 256 g/mol. The van der Waals surface area contributed by atoms with E-state index in [1.807, 2.05) is 31.2 Å². The number of benzene rings is 1. The summed E-state index contributed by atoms with van der Waals surface area (Å²) in [4.78, 5) is 22.6. The quantitative estimate of drug-likeness (QED) is 0.787. The molecule has 5 heteroatoms. The predicted molar refractivity (Wildman–Crippen MR) is 75.3 cm³/mol. The van der Waals surface area contributed by atoms with Crippen molar-refractivity contribution in [3.8, 4) is 0 Å². The van der Waals surface area contributed by atoms with Gasteiger partial charge in [-0.1, -0.05) is 29.8 Å². The summed E-state index contributed by atoms with van der Waals surface area (Å²) in [6.07, 6.45) is 1.89. The van der Waals surface area contributed by atoms with E-state index in [0.29, 0.717) is 19.4 Å². The molecular formula is C15H20N2O3. The van der Waals surface area contributed by atoms with Crippen molar-refractivity contribution < 1.29 is 14.7 Å². The van der Waals surface area contributed by atoms with Crippen molar-refractivity contribution in [3.63, 3.8) is 0 Å². The Kier molecular flexibility index (Phi) is 4.61. The fraction of sp³-hybridized carbons (Fsp3) is 0.467. The average Bonchev–Trinajstić information content (AvgIpc) is 2.85. The fourth-order valence-electron chi connectivity index (χ4n) is 2.58. The highest BCUT2D eigenvalue weighted by Crippen LogP contribution is 2.25. The number of aliphatic carboxylic acids is 1. The van der Waals surface area contributed by atoms with E-state index in [9.17, 15) is 9.59 Å². The van der Waals surface area contributed by atoms with Crippen LogP contribution in [0.3, 0.4) is 0 Å². The largest absolute Gasteiger partial charge is 0.481 e. The van der Waals surface area contributed by atoms with Gasteiger partial charge in [-0.05, 0) is 31.7 Å². The molecule has 1 aromatic rings. The number of nitrogens with one attached hydrogen (secondary N) is 2. The first kappa shape index (κ1) is 14.4. The molecule has 1 aromatic carbocycles. The van der Waals surface area contributed by atoms with Gasteiger partial charge in [-0.15, -0.1) is 0 Å². The summed E-state index contributed by atoms with van der Waals surface area (Å²) in [5.74, 6) is -1.09. The van der Waals surface area contributed by atoms with E-state index in [4.69, 9.17) is 5.11 Å². The van der Waals surface area contributed by atoms with E-state index in [2.05, 4.69) is 10.6 Å². The van der Waals surface area contributed by atoms with Crippen LogP contribution in [0.15, 0.2) is 24.3 Å². The number of amides is 2. The lowest BCUT2D eigenvalue weighted by Crippen LogP contribution is -2.40. The Morgan fingerprint density at radius 2 is 2.15 bits per heavy atom. The first-order valence-electron chi connectivity index (χ1n) is 6.87. The van der Waals surface area contributed by atoms with E-state index >= 15 is 0 Å². The van der Waals surface area contributed by atoms with Crippen LogP contribution in [0.1, 0.15) is 30.4 Å². The minimum atomic E-state index is -0.769. The lowest BCUT2D eigenvalue weighted by atomic mass is 10.1. The molecule has 20 heavy (non-hydrogen) atoms. The van der Waals surface area contributed by atoms with Crippen LogP contribution in [-0.4, -0.2) is 23.1 Å². The molecule has 1 aliphatic rings. The Morgan fingerprint density at radius 3 is 2.80 bits per heavy atom. The van der Waals surface area contributed by atoms with Gasteiger partial charge in [0.15, 0.2) is 0 Å². The van der Waals surface area contributed by atoms with E-state index < -0.39 is 5.97 Å². The maximum Gasteiger partial charge on any atom is 0.315 e. The smallest absolute Gasteiger partial charge is 0.315 e. The van der Waals surface area contributed by atoms with E-state index in [-0.39, 0.29) is 18.0 Å². The number of carboxylic acids is 1. The molecule has 108 valence electrons. The monoisotopic (exact) mass is 276 g/mol. The fourth-order valence-corrected chi connectivity index (χ4v) is 2.58. The van der Waals surface area contributed by atoms with Crippen molar-refractivity contribution in [2.24, 2.45) is 5.92 Å². The number of hydrogen-bond donors (Lipinski definition) is 3. The summed E-state index contributed by atoms with van der Waals surface area (Å²) in [6.45, 7) is 2.48. The molecule has 2 amide bonds. The normalized spacial score (nSPS) is 21.4. The zero-order valence-corrected chi connectivity index (χ0v) is 11.6. The molecule has 0 bridgehead atoms. The van der Waals surface area contributed by atoms with Gasteiger partial charge >= 0.3 is 12.0 Å². The van der Waals surface area contributed by atoms with Gasteiger partial charge in [-0.2, -0.15) is 0 Å². The molecule has 0 heterocycles. The minimum absolute atomic E-state index is 0.0337. The summed E-state index contributed by atoms with van der Waals surface area (Å²) < 4.78 is 0. The Labute approximate surface area is 118 Å². The van der Waals surface area contributed by atoms with Crippen molar-refractivity contribution in [3.05, 3.63) is 35.4 Å². The van der Waals surface area contributed by atoms with Crippen LogP contribution in [-0.2, 0) is 11.3 Å². The molecule has 3 N–H and O–H groups in total. The van der Waals surface area contributed by atoms with E-state index in [1.54, 1.807) is 0 Å². The van der Waals surface area contributed by atoms with Crippen molar-refractivity contribution in [1.82, 2.24) is 10.6 Å². The molecule has 0 unspecified atom stereocenters. The molecule has 1 saturated carbocycles. The molecule has 5 nitrogen and oxygen atoms in total. The molecule has 0 saturated heterocycles. The lowest BCUT2D eigenvalue weighted by molar-refractivity contribution is -0.141. The van der Waals surface area contributed by atoms with Gasteiger partial charge in [0.05, 0.1) is 5.92 Å². The summed E-state index contributed by atoms with van der Waals surface area (Å²) in [6, 6.07) is 7.68. The van der Waals surface area contributed by atoms with Crippen LogP contribution in [0.5, 0.6) is 0 Å². The van der Waals surface area contributed by atoms with Gasteiger partial charge in [0, 0.05) is 12.6 Å². The van der Waals surface area contributed by atoms with Crippen LogP contribution in [0.2, 0.25) is 0 Å². The average molecular weight is 276 g/mol. The van der Waals surface area contributed by atoms with Crippen molar-refractivity contribution in [2.45, 2.75) is 38.8 Å². The Hall–Kier alpha value is -2.04. The lowest BCUT2D eigenvalue weighted by Gasteiger charge is -2.13. The first-order valence-corrected chi connectivity index (χ1v) is 6.87. The van der Waals surface area contributed by atoms with Crippen molar-refractivity contribution in [1.29, 1.82) is 0 Å². The van der Waals surface area contributed by atoms with Gasteiger partial charge in [-0.25, -0.2) is 4.79 Å². The predicted octanol–water partition coefficient (Wildman–Crippen LogP) is 2.05.